The molecule has 0 unspecified atom stereocenters. The van der Waals surface area contributed by atoms with E-state index in [9.17, 15) is 31.9 Å². The summed E-state index contributed by atoms with van der Waals surface area (Å²) >= 11 is 0. The molecule has 35 heavy (non-hydrogen) atoms. The number of carboxylic acids is 1. The van der Waals surface area contributed by atoms with Gasteiger partial charge in [0.1, 0.15) is 24.0 Å². The average molecular weight is 489 g/mol. The molecule has 0 amide bonds. The number of aromatic carboxylic acids is 1. The number of carbonyl (C=O) groups is 1. The van der Waals surface area contributed by atoms with E-state index >= 15 is 0 Å². The highest BCUT2D eigenvalue weighted by Gasteiger charge is 2.32. The van der Waals surface area contributed by atoms with Crippen LogP contribution in [0.25, 0.3) is 11.1 Å². The molecular formula is C26H20F5NO3. The maximum atomic E-state index is 14.1. The van der Waals surface area contributed by atoms with Crippen molar-refractivity contribution in [3.05, 3.63) is 94.0 Å². The fourth-order valence-electron chi connectivity index (χ4n) is 4.15. The highest BCUT2D eigenvalue weighted by molar-refractivity contribution is 5.98. The Labute approximate surface area is 197 Å². The number of rotatable bonds is 6. The normalized spacial score (nSPS) is 13.9. The Bertz CT molecular complexity index is 1330. The van der Waals surface area contributed by atoms with Crippen molar-refractivity contribution in [3.8, 4) is 5.75 Å². The Morgan fingerprint density at radius 2 is 1.71 bits per heavy atom. The summed E-state index contributed by atoms with van der Waals surface area (Å²) in [5.74, 6) is -2.70. The SMILES string of the molecule is Nc1ccc(C2=C(c3cc(C(F)(F)F)ccc3OCc3ccc(F)cc3F)CCC2)cc1C(=O)O. The van der Waals surface area contributed by atoms with Gasteiger partial charge in [0, 0.05) is 22.9 Å². The van der Waals surface area contributed by atoms with Crippen LogP contribution in [0.3, 0.4) is 0 Å². The van der Waals surface area contributed by atoms with Crippen molar-refractivity contribution >= 4 is 22.8 Å². The minimum Gasteiger partial charge on any atom is -0.488 e. The number of benzene rings is 3. The molecule has 4 rings (SSSR count). The van der Waals surface area contributed by atoms with Gasteiger partial charge in [-0.1, -0.05) is 6.07 Å². The monoisotopic (exact) mass is 489 g/mol. The van der Waals surface area contributed by atoms with Crippen LogP contribution in [0.2, 0.25) is 0 Å². The van der Waals surface area contributed by atoms with Crippen molar-refractivity contribution in [1.82, 2.24) is 0 Å². The van der Waals surface area contributed by atoms with Gasteiger partial charge in [0.25, 0.3) is 0 Å². The van der Waals surface area contributed by atoms with E-state index < -0.39 is 29.3 Å². The third-order valence-corrected chi connectivity index (χ3v) is 5.88. The molecule has 0 radical (unpaired) electrons. The molecule has 0 saturated heterocycles. The number of halogens is 5. The average Bonchev–Trinajstić information content (AvgIpc) is 3.27. The summed E-state index contributed by atoms with van der Waals surface area (Å²) in [6, 6.07) is 10.5. The summed E-state index contributed by atoms with van der Waals surface area (Å²) in [7, 11) is 0. The lowest BCUT2D eigenvalue weighted by atomic mass is 9.94. The van der Waals surface area contributed by atoms with E-state index in [0.29, 0.717) is 42.0 Å². The van der Waals surface area contributed by atoms with Crippen LogP contribution in [-0.4, -0.2) is 11.1 Å². The molecule has 0 heterocycles. The van der Waals surface area contributed by atoms with Crippen LogP contribution in [0, 0.1) is 11.6 Å². The number of carboxylic acid groups (broad SMARTS) is 1. The molecule has 0 aromatic heterocycles. The van der Waals surface area contributed by atoms with Gasteiger partial charge in [-0.2, -0.15) is 13.2 Å². The Morgan fingerprint density at radius 3 is 2.40 bits per heavy atom. The third kappa shape index (κ3) is 5.13. The van der Waals surface area contributed by atoms with Crippen LogP contribution in [0.1, 0.15) is 51.9 Å². The number of ether oxygens (including phenoxy) is 1. The first-order chi connectivity index (χ1) is 16.5. The summed E-state index contributed by atoms with van der Waals surface area (Å²) in [6.45, 7) is -0.321. The first kappa shape index (κ1) is 24.3. The van der Waals surface area contributed by atoms with Crippen molar-refractivity contribution in [3.63, 3.8) is 0 Å². The van der Waals surface area contributed by atoms with E-state index in [2.05, 4.69) is 0 Å². The minimum atomic E-state index is -4.60. The molecule has 0 atom stereocenters. The fourth-order valence-corrected chi connectivity index (χ4v) is 4.15. The molecule has 0 saturated carbocycles. The van der Waals surface area contributed by atoms with E-state index in [-0.39, 0.29) is 34.7 Å². The maximum absolute atomic E-state index is 14.1. The largest absolute Gasteiger partial charge is 0.488 e. The Morgan fingerprint density at radius 1 is 0.971 bits per heavy atom. The third-order valence-electron chi connectivity index (χ3n) is 5.88. The molecule has 3 aromatic carbocycles. The summed E-state index contributed by atoms with van der Waals surface area (Å²) in [5.41, 5.74) is 6.87. The lowest BCUT2D eigenvalue weighted by Crippen LogP contribution is -2.07. The number of hydrogen-bond acceptors (Lipinski definition) is 3. The molecule has 0 aliphatic heterocycles. The number of allylic oxidation sites excluding steroid dienone is 2. The van der Waals surface area contributed by atoms with Crippen LogP contribution in [-0.2, 0) is 12.8 Å². The molecule has 3 aromatic rings. The summed E-state index contributed by atoms with van der Waals surface area (Å²) in [6.07, 6.45) is -3.02. The number of hydrogen-bond donors (Lipinski definition) is 2. The predicted octanol–water partition coefficient (Wildman–Crippen LogP) is 6.94. The van der Waals surface area contributed by atoms with Crippen molar-refractivity contribution in [2.45, 2.75) is 32.0 Å². The van der Waals surface area contributed by atoms with Gasteiger partial charge in [0.15, 0.2) is 0 Å². The van der Waals surface area contributed by atoms with Crippen molar-refractivity contribution in [1.29, 1.82) is 0 Å². The van der Waals surface area contributed by atoms with E-state index in [1.165, 1.54) is 24.3 Å². The zero-order valence-corrected chi connectivity index (χ0v) is 18.3. The maximum Gasteiger partial charge on any atom is 0.416 e. The highest BCUT2D eigenvalue weighted by Crippen LogP contribution is 2.45. The van der Waals surface area contributed by atoms with Crippen molar-refractivity contribution < 1.29 is 36.6 Å². The van der Waals surface area contributed by atoms with Gasteiger partial charge >= 0.3 is 12.1 Å². The van der Waals surface area contributed by atoms with Gasteiger partial charge in [0.2, 0.25) is 0 Å². The van der Waals surface area contributed by atoms with E-state index in [0.717, 1.165) is 18.2 Å². The Balaban J connectivity index is 1.80. The van der Waals surface area contributed by atoms with Crippen molar-refractivity contribution in [2.75, 3.05) is 5.73 Å². The number of nitrogen functional groups attached to an aromatic ring is 1. The number of anilines is 1. The van der Waals surface area contributed by atoms with Gasteiger partial charge in [-0.3, -0.25) is 0 Å². The second-order valence-corrected chi connectivity index (χ2v) is 8.15. The lowest BCUT2D eigenvalue weighted by Gasteiger charge is -2.17. The van der Waals surface area contributed by atoms with Crippen LogP contribution < -0.4 is 10.5 Å². The molecular weight excluding hydrogens is 469 g/mol. The number of alkyl halides is 3. The second-order valence-electron chi connectivity index (χ2n) is 8.15. The molecule has 1 aliphatic rings. The van der Waals surface area contributed by atoms with Gasteiger partial charge in [0.05, 0.1) is 11.1 Å². The zero-order chi connectivity index (χ0) is 25.3. The predicted molar refractivity (Wildman–Crippen MR) is 121 cm³/mol. The van der Waals surface area contributed by atoms with E-state index in [1.54, 1.807) is 6.07 Å². The van der Waals surface area contributed by atoms with E-state index in [1.807, 2.05) is 0 Å². The second kappa shape index (κ2) is 9.40. The van der Waals surface area contributed by atoms with Gasteiger partial charge in [-0.25, -0.2) is 13.6 Å². The standard InChI is InChI=1S/C26H20F5NO3/c27-17-7-4-15(22(28)12-17)13-35-24-9-6-16(26(29,30)31)11-20(24)19-3-1-2-18(19)14-5-8-23(32)21(10-14)25(33)34/h4-12H,1-3,13,32H2,(H,33,34). The van der Waals surface area contributed by atoms with Gasteiger partial charge < -0.3 is 15.6 Å². The molecule has 3 N–H and O–H groups in total. The van der Waals surface area contributed by atoms with Crippen molar-refractivity contribution in [2.24, 2.45) is 0 Å². The van der Waals surface area contributed by atoms with Crippen LogP contribution in [0.15, 0.2) is 54.6 Å². The van der Waals surface area contributed by atoms with Crippen LogP contribution in [0.5, 0.6) is 5.75 Å². The summed E-state index contributed by atoms with van der Waals surface area (Å²) in [5, 5.41) is 9.41. The topological polar surface area (TPSA) is 72.5 Å². The summed E-state index contributed by atoms with van der Waals surface area (Å²) < 4.78 is 73.5. The highest BCUT2D eigenvalue weighted by atomic mass is 19.4. The molecule has 0 bridgehead atoms. The smallest absolute Gasteiger partial charge is 0.416 e. The molecule has 1 aliphatic carbocycles. The Kier molecular flexibility index (Phi) is 6.51. The lowest BCUT2D eigenvalue weighted by molar-refractivity contribution is -0.137. The fraction of sp³-hybridized carbons (Fsp3) is 0.192. The molecule has 0 spiro atoms. The van der Waals surface area contributed by atoms with Gasteiger partial charge in [-0.15, -0.1) is 0 Å². The zero-order valence-electron chi connectivity index (χ0n) is 18.3. The molecule has 9 heteroatoms. The number of nitrogens with two attached hydrogens (primary N) is 1. The van der Waals surface area contributed by atoms with Crippen LogP contribution in [0.4, 0.5) is 27.6 Å². The summed E-state index contributed by atoms with van der Waals surface area (Å²) in [4.78, 5) is 11.5. The van der Waals surface area contributed by atoms with Crippen LogP contribution >= 0.6 is 0 Å². The molecule has 182 valence electrons. The first-order valence-corrected chi connectivity index (χ1v) is 10.7. The molecule has 4 nitrogen and oxygen atoms in total. The van der Waals surface area contributed by atoms with E-state index in [4.69, 9.17) is 10.5 Å². The minimum absolute atomic E-state index is 0.0440. The first-order valence-electron chi connectivity index (χ1n) is 10.7. The Hall–Kier alpha value is -3.88. The quantitative estimate of drug-likeness (QED) is 0.291. The molecule has 0 fully saturated rings. The van der Waals surface area contributed by atoms with Gasteiger partial charge in [-0.05, 0) is 78.4 Å².